The Labute approximate surface area is 91.5 Å². The molecule has 82 valence electrons. The number of anilines is 1. The smallest absolute Gasteiger partial charge is 0.0437 e. The summed E-state index contributed by atoms with van der Waals surface area (Å²) < 4.78 is 0. The van der Waals surface area contributed by atoms with Crippen molar-refractivity contribution in [3.8, 4) is 0 Å². The Hall–Kier alpha value is -1.02. The van der Waals surface area contributed by atoms with Gasteiger partial charge < -0.3 is 10.0 Å². The van der Waals surface area contributed by atoms with E-state index >= 15 is 0 Å². The van der Waals surface area contributed by atoms with E-state index in [1.54, 1.807) is 0 Å². The molecule has 1 aliphatic rings. The van der Waals surface area contributed by atoms with Crippen LogP contribution in [0.15, 0.2) is 24.3 Å². The molecule has 0 radical (unpaired) electrons. The number of hydrogen-bond donors (Lipinski definition) is 1. The van der Waals surface area contributed by atoms with E-state index in [2.05, 4.69) is 43.0 Å². The van der Waals surface area contributed by atoms with E-state index in [4.69, 9.17) is 5.11 Å². The molecule has 1 unspecified atom stereocenters. The number of aliphatic hydroxyl groups excluding tert-OH is 1. The van der Waals surface area contributed by atoms with Crippen LogP contribution in [0, 0.1) is 0 Å². The molecule has 2 heteroatoms. The van der Waals surface area contributed by atoms with Gasteiger partial charge in [-0.2, -0.15) is 0 Å². The van der Waals surface area contributed by atoms with Gasteiger partial charge in [-0.05, 0) is 31.9 Å². The van der Waals surface area contributed by atoms with E-state index in [1.165, 1.54) is 11.3 Å². The van der Waals surface area contributed by atoms with Crippen molar-refractivity contribution in [3.63, 3.8) is 0 Å². The second-order valence-electron chi connectivity index (χ2n) is 4.51. The minimum Gasteiger partial charge on any atom is -0.396 e. The van der Waals surface area contributed by atoms with Crippen LogP contribution < -0.4 is 4.90 Å². The zero-order valence-corrected chi connectivity index (χ0v) is 9.48. The van der Waals surface area contributed by atoms with Gasteiger partial charge in [0.15, 0.2) is 0 Å². The van der Waals surface area contributed by atoms with Gasteiger partial charge in [0, 0.05) is 30.8 Å². The van der Waals surface area contributed by atoms with Gasteiger partial charge in [-0.25, -0.2) is 0 Å². The predicted octanol–water partition coefficient (Wildman–Crippen LogP) is 2.38. The predicted molar refractivity (Wildman–Crippen MR) is 63.4 cm³/mol. The molecule has 0 saturated carbocycles. The number of hydrogen-bond acceptors (Lipinski definition) is 2. The summed E-state index contributed by atoms with van der Waals surface area (Å²) in [5.41, 5.74) is 2.76. The van der Waals surface area contributed by atoms with Gasteiger partial charge in [-0.1, -0.05) is 18.2 Å². The average Bonchev–Trinajstić information content (AvgIpc) is 2.59. The maximum Gasteiger partial charge on any atom is 0.0437 e. The largest absolute Gasteiger partial charge is 0.396 e. The van der Waals surface area contributed by atoms with E-state index in [1.807, 2.05) is 0 Å². The van der Waals surface area contributed by atoms with Crippen LogP contribution in [0.5, 0.6) is 0 Å². The molecule has 1 aliphatic heterocycles. The van der Waals surface area contributed by atoms with Gasteiger partial charge in [0.25, 0.3) is 0 Å². The highest BCUT2D eigenvalue weighted by Crippen LogP contribution is 2.38. The topological polar surface area (TPSA) is 23.5 Å². The zero-order valence-electron chi connectivity index (χ0n) is 9.48. The van der Waals surface area contributed by atoms with Crippen molar-refractivity contribution in [3.05, 3.63) is 29.8 Å². The summed E-state index contributed by atoms with van der Waals surface area (Å²) in [6.07, 6.45) is 0.875. The number of para-hydroxylation sites is 1. The number of fused-ring (bicyclic) bond motifs is 1. The van der Waals surface area contributed by atoms with E-state index in [0.717, 1.165) is 13.0 Å². The first-order chi connectivity index (χ1) is 7.24. The number of nitrogens with zero attached hydrogens (tertiary/aromatic N) is 1. The molecule has 1 N–H and O–H groups in total. The van der Waals surface area contributed by atoms with Crippen molar-refractivity contribution >= 4 is 5.69 Å². The fourth-order valence-corrected chi connectivity index (χ4v) is 2.42. The van der Waals surface area contributed by atoms with Crippen LogP contribution in [0.2, 0.25) is 0 Å². The summed E-state index contributed by atoms with van der Waals surface area (Å²) in [7, 11) is 0. The Morgan fingerprint density at radius 3 is 2.80 bits per heavy atom. The number of benzene rings is 1. The Morgan fingerprint density at radius 2 is 2.13 bits per heavy atom. The van der Waals surface area contributed by atoms with E-state index in [-0.39, 0.29) is 6.61 Å². The van der Waals surface area contributed by atoms with Crippen molar-refractivity contribution in [1.29, 1.82) is 0 Å². The van der Waals surface area contributed by atoms with Crippen molar-refractivity contribution in [2.75, 3.05) is 18.1 Å². The van der Waals surface area contributed by atoms with Crippen molar-refractivity contribution in [2.24, 2.45) is 0 Å². The third-order valence-corrected chi connectivity index (χ3v) is 3.20. The minimum atomic E-state index is 0.283. The molecule has 0 aliphatic carbocycles. The quantitative estimate of drug-likeness (QED) is 0.819. The van der Waals surface area contributed by atoms with Crippen molar-refractivity contribution in [1.82, 2.24) is 0 Å². The van der Waals surface area contributed by atoms with Gasteiger partial charge in [0.1, 0.15) is 0 Å². The van der Waals surface area contributed by atoms with Crippen LogP contribution in [-0.2, 0) is 0 Å². The lowest BCUT2D eigenvalue weighted by atomic mass is 9.99. The lowest BCUT2D eigenvalue weighted by molar-refractivity contribution is 0.277. The van der Waals surface area contributed by atoms with Crippen LogP contribution in [0.3, 0.4) is 0 Å². The number of aliphatic hydroxyl groups is 1. The summed E-state index contributed by atoms with van der Waals surface area (Å²) in [5.74, 6) is 0.508. The second kappa shape index (κ2) is 4.23. The second-order valence-corrected chi connectivity index (χ2v) is 4.51. The molecular weight excluding hydrogens is 186 g/mol. The van der Waals surface area contributed by atoms with Gasteiger partial charge in [0.05, 0.1) is 0 Å². The van der Waals surface area contributed by atoms with Crippen LogP contribution >= 0.6 is 0 Å². The SMILES string of the molecule is CC(C)N1CC(CCO)c2ccccc21. The summed E-state index contributed by atoms with van der Waals surface area (Å²) >= 11 is 0. The molecule has 0 bridgehead atoms. The maximum atomic E-state index is 9.06. The first kappa shape index (κ1) is 10.5. The molecule has 0 spiro atoms. The fraction of sp³-hybridized carbons (Fsp3) is 0.538. The van der Waals surface area contributed by atoms with Crippen molar-refractivity contribution < 1.29 is 5.11 Å². The third-order valence-electron chi connectivity index (χ3n) is 3.20. The standard InChI is InChI=1S/C13H19NO/c1-10(2)14-9-11(7-8-15)12-5-3-4-6-13(12)14/h3-6,10-11,15H,7-9H2,1-2H3. The highest BCUT2D eigenvalue weighted by Gasteiger charge is 2.28. The summed E-state index contributed by atoms with van der Waals surface area (Å²) in [4.78, 5) is 2.43. The molecule has 1 aromatic carbocycles. The summed E-state index contributed by atoms with van der Waals surface area (Å²) in [6.45, 7) is 5.78. The molecule has 1 heterocycles. The summed E-state index contributed by atoms with van der Waals surface area (Å²) in [6, 6.07) is 9.10. The first-order valence-corrected chi connectivity index (χ1v) is 5.70. The minimum absolute atomic E-state index is 0.283. The fourth-order valence-electron chi connectivity index (χ4n) is 2.42. The molecule has 1 atom stereocenters. The van der Waals surface area contributed by atoms with Gasteiger partial charge >= 0.3 is 0 Å². The molecule has 0 saturated heterocycles. The first-order valence-electron chi connectivity index (χ1n) is 5.70. The lowest BCUT2D eigenvalue weighted by Gasteiger charge is -2.24. The zero-order chi connectivity index (χ0) is 10.8. The molecule has 0 amide bonds. The molecule has 2 rings (SSSR count). The van der Waals surface area contributed by atoms with E-state index in [0.29, 0.717) is 12.0 Å². The van der Waals surface area contributed by atoms with E-state index in [9.17, 15) is 0 Å². The van der Waals surface area contributed by atoms with Gasteiger partial charge in [-0.15, -0.1) is 0 Å². The Balaban J connectivity index is 2.31. The van der Waals surface area contributed by atoms with Crippen molar-refractivity contribution in [2.45, 2.75) is 32.2 Å². The molecule has 2 nitrogen and oxygen atoms in total. The maximum absolute atomic E-state index is 9.06. The Morgan fingerprint density at radius 1 is 1.40 bits per heavy atom. The third kappa shape index (κ3) is 1.86. The highest BCUT2D eigenvalue weighted by atomic mass is 16.3. The molecule has 0 fully saturated rings. The Bertz CT molecular complexity index is 335. The summed E-state index contributed by atoms with van der Waals surface area (Å²) in [5, 5.41) is 9.06. The number of rotatable bonds is 3. The highest BCUT2D eigenvalue weighted by molar-refractivity contribution is 5.60. The van der Waals surface area contributed by atoms with Crippen LogP contribution in [0.25, 0.3) is 0 Å². The average molecular weight is 205 g/mol. The molecule has 0 aromatic heterocycles. The Kier molecular flexibility index (Phi) is 2.96. The molecular formula is C13H19NO. The van der Waals surface area contributed by atoms with Crippen LogP contribution in [-0.4, -0.2) is 24.3 Å². The van der Waals surface area contributed by atoms with Gasteiger partial charge in [-0.3, -0.25) is 0 Å². The van der Waals surface area contributed by atoms with Crippen LogP contribution in [0.1, 0.15) is 31.7 Å². The lowest BCUT2D eigenvalue weighted by Crippen LogP contribution is -2.29. The molecule has 1 aromatic rings. The monoisotopic (exact) mass is 205 g/mol. The normalized spacial score (nSPS) is 19.7. The van der Waals surface area contributed by atoms with Crippen LogP contribution in [0.4, 0.5) is 5.69 Å². The van der Waals surface area contributed by atoms with E-state index < -0.39 is 0 Å². The molecule has 15 heavy (non-hydrogen) atoms. The van der Waals surface area contributed by atoms with Gasteiger partial charge in [0.2, 0.25) is 0 Å².